The molecule has 0 saturated heterocycles. The first-order valence-corrected chi connectivity index (χ1v) is 4.13. The second-order valence-electron chi connectivity index (χ2n) is 1.69. The number of anilines is 1. The van der Waals surface area contributed by atoms with E-state index in [9.17, 15) is 0 Å². The molecular weight excluding hydrogens is 170 g/mol. The van der Waals surface area contributed by atoms with Gasteiger partial charge in [-0.05, 0) is 0 Å². The number of nitrogens with two attached hydrogens (primary N) is 1. The molecule has 1 rings (SSSR count). The van der Waals surface area contributed by atoms with Gasteiger partial charge < -0.3 is 11.1 Å². The van der Waals surface area contributed by atoms with Crippen molar-refractivity contribution in [1.29, 1.82) is 0 Å². The largest absolute Gasteiger partial charge is 0.360 e. The normalized spacial score (nSPS) is 9.80. The van der Waals surface area contributed by atoms with Crippen LogP contribution >= 0.6 is 22.9 Å². The van der Waals surface area contributed by atoms with E-state index >= 15 is 0 Å². The van der Waals surface area contributed by atoms with Gasteiger partial charge in [-0.25, -0.2) is 4.98 Å². The zero-order chi connectivity index (χ0) is 7.40. The van der Waals surface area contributed by atoms with Crippen LogP contribution in [-0.2, 0) is 0 Å². The highest BCUT2D eigenvalue weighted by molar-refractivity contribution is 7.14. The minimum absolute atomic E-state index is 0.532. The molecule has 0 radical (unpaired) electrons. The van der Waals surface area contributed by atoms with Gasteiger partial charge in [-0.15, -0.1) is 11.3 Å². The molecule has 0 aliphatic heterocycles. The first-order valence-electron chi connectivity index (χ1n) is 2.88. The molecular formula is C5H8ClN3S. The third kappa shape index (κ3) is 2.13. The van der Waals surface area contributed by atoms with E-state index in [1.165, 1.54) is 11.3 Å². The Morgan fingerprint density at radius 3 is 3.10 bits per heavy atom. The van der Waals surface area contributed by atoms with Gasteiger partial charge in [0.05, 0.1) is 0 Å². The van der Waals surface area contributed by atoms with Gasteiger partial charge >= 0.3 is 0 Å². The Bertz CT molecular complexity index is 201. The van der Waals surface area contributed by atoms with Crippen molar-refractivity contribution < 1.29 is 0 Å². The first kappa shape index (κ1) is 7.78. The summed E-state index contributed by atoms with van der Waals surface area (Å²) in [5.74, 6) is 0. The number of nitrogens with zero attached hydrogens (tertiary/aromatic N) is 1. The van der Waals surface area contributed by atoms with Gasteiger partial charge in [0.25, 0.3) is 0 Å². The fourth-order valence-corrected chi connectivity index (χ4v) is 1.38. The quantitative estimate of drug-likeness (QED) is 0.729. The van der Waals surface area contributed by atoms with E-state index in [1.807, 2.05) is 0 Å². The summed E-state index contributed by atoms with van der Waals surface area (Å²) in [5.41, 5.74) is 5.26. The molecule has 0 spiro atoms. The minimum atomic E-state index is 0.532. The van der Waals surface area contributed by atoms with Crippen molar-refractivity contribution in [3.05, 3.63) is 10.5 Å². The van der Waals surface area contributed by atoms with Crippen LogP contribution in [0.2, 0.25) is 5.15 Å². The molecule has 5 heteroatoms. The van der Waals surface area contributed by atoms with Gasteiger partial charge in [0.2, 0.25) is 0 Å². The maximum atomic E-state index is 5.57. The fraction of sp³-hybridized carbons (Fsp3) is 0.400. The average Bonchev–Trinajstić information content (AvgIpc) is 2.31. The Hall–Kier alpha value is -0.320. The number of rotatable bonds is 3. The smallest absolute Gasteiger partial charge is 0.184 e. The topological polar surface area (TPSA) is 50.9 Å². The zero-order valence-electron chi connectivity index (χ0n) is 5.30. The lowest BCUT2D eigenvalue weighted by atomic mass is 10.7. The van der Waals surface area contributed by atoms with Gasteiger partial charge in [-0.1, -0.05) is 11.6 Å². The minimum Gasteiger partial charge on any atom is -0.360 e. The molecule has 3 nitrogen and oxygen atoms in total. The van der Waals surface area contributed by atoms with Crippen LogP contribution in [0.15, 0.2) is 5.38 Å². The van der Waals surface area contributed by atoms with Crippen LogP contribution in [-0.4, -0.2) is 18.1 Å². The lowest BCUT2D eigenvalue weighted by Gasteiger charge is -1.95. The second kappa shape index (κ2) is 3.75. The van der Waals surface area contributed by atoms with Gasteiger partial charge in [-0.3, -0.25) is 0 Å². The van der Waals surface area contributed by atoms with Crippen LogP contribution in [0.25, 0.3) is 0 Å². The van der Waals surface area contributed by atoms with Crippen molar-refractivity contribution in [3.63, 3.8) is 0 Å². The Morgan fingerprint density at radius 2 is 2.60 bits per heavy atom. The van der Waals surface area contributed by atoms with E-state index < -0.39 is 0 Å². The molecule has 0 unspecified atom stereocenters. The number of hydrogen-bond acceptors (Lipinski definition) is 4. The van der Waals surface area contributed by atoms with E-state index in [-0.39, 0.29) is 0 Å². The van der Waals surface area contributed by atoms with E-state index in [0.29, 0.717) is 11.7 Å². The molecule has 0 fully saturated rings. The maximum absolute atomic E-state index is 5.57. The molecule has 3 N–H and O–H groups in total. The summed E-state index contributed by atoms with van der Waals surface area (Å²) in [6.45, 7) is 1.35. The third-order valence-corrected chi connectivity index (χ3v) is 2.02. The van der Waals surface area contributed by atoms with Crippen molar-refractivity contribution in [2.45, 2.75) is 0 Å². The molecule has 1 heterocycles. The number of hydrogen-bond donors (Lipinski definition) is 2. The van der Waals surface area contributed by atoms with Gasteiger partial charge in [0.1, 0.15) is 5.15 Å². The van der Waals surface area contributed by atoms with Crippen LogP contribution in [0.4, 0.5) is 5.13 Å². The van der Waals surface area contributed by atoms with Gasteiger partial charge in [0, 0.05) is 18.5 Å². The summed E-state index contributed by atoms with van der Waals surface area (Å²) in [4.78, 5) is 3.97. The summed E-state index contributed by atoms with van der Waals surface area (Å²) < 4.78 is 0. The molecule has 0 saturated carbocycles. The van der Waals surface area contributed by atoms with E-state index in [2.05, 4.69) is 10.3 Å². The molecule has 0 bridgehead atoms. The van der Waals surface area contributed by atoms with E-state index in [0.717, 1.165) is 11.7 Å². The highest BCUT2D eigenvalue weighted by Gasteiger charge is 1.95. The number of aromatic nitrogens is 1. The predicted molar refractivity (Wildman–Crippen MR) is 44.7 cm³/mol. The Morgan fingerprint density at radius 1 is 1.80 bits per heavy atom. The van der Waals surface area contributed by atoms with Crippen molar-refractivity contribution in [3.8, 4) is 0 Å². The molecule has 0 atom stereocenters. The summed E-state index contributed by atoms with van der Waals surface area (Å²) in [6, 6.07) is 0. The number of thiazole rings is 1. The van der Waals surface area contributed by atoms with Crippen LogP contribution < -0.4 is 11.1 Å². The summed E-state index contributed by atoms with van der Waals surface area (Å²) in [5, 5.41) is 6.15. The Labute approximate surface area is 68.2 Å². The molecule has 0 aromatic carbocycles. The molecule has 56 valence electrons. The summed E-state index contributed by atoms with van der Waals surface area (Å²) in [7, 11) is 0. The highest BCUT2D eigenvalue weighted by atomic mass is 35.5. The molecule has 10 heavy (non-hydrogen) atoms. The third-order valence-electron chi connectivity index (χ3n) is 0.897. The lowest BCUT2D eigenvalue weighted by molar-refractivity contribution is 1.02. The molecule has 0 amide bonds. The first-order chi connectivity index (χ1) is 4.83. The Kier molecular flexibility index (Phi) is 2.92. The monoisotopic (exact) mass is 177 g/mol. The second-order valence-corrected chi connectivity index (χ2v) is 2.94. The molecule has 1 aromatic rings. The zero-order valence-corrected chi connectivity index (χ0v) is 6.87. The average molecular weight is 178 g/mol. The molecule has 0 aliphatic carbocycles. The van der Waals surface area contributed by atoms with E-state index in [1.54, 1.807) is 5.38 Å². The highest BCUT2D eigenvalue weighted by Crippen LogP contribution is 2.17. The van der Waals surface area contributed by atoms with Crippen LogP contribution in [0.3, 0.4) is 0 Å². The fourth-order valence-electron chi connectivity index (χ4n) is 0.514. The van der Waals surface area contributed by atoms with Crippen LogP contribution in [0.5, 0.6) is 0 Å². The summed E-state index contributed by atoms with van der Waals surface area (Å²) in [6.07, 6.45) is 0. The molecule has 1 aromatic heterocycles. The van der Waals surface area contributed by atoms with Crippen LogP contribution in [0, 0.1) is 0 Å². The summed E-state index contributed by atoms with van der Waals surface area (Å²) >= 11 is 7.05. The van der Waals surface area contributed by atoms with Crippen LogP contribution in [0.1, 0.15) is 0 Å². The van der Waals surface area contributed by atoms with Gasteiger partial charge in [0.15, 0.2) is 5.13 Å². The number of halogens is 1. The SMILES string of the molecule is NCCNc1nc(Cl)cs1. The van der Waals surface area contributed by atoms with Gasteiger partial charge in [-0.2, -0.15) is 0 Å². The Balaban J connectivity index is 2.42. The van der Waals surface area contributed by atoms with Crippen molar-refractivity contribution >= 4 is 28.1 Å². The predicted octanol–water partition coefficient (Wildman–Crippen LogP) is 1.17. The molecule has 0 aliphatic rings. The number of nitrogens with one attached hydrogen (secondary N) is 1. The van der Waals surface area contributed by atoms with Crippen molar-refractivity contribution in [2.75, 3.05) is 18.4 Å². The maximum Gasteiger partial charge on any atom is 0.184 e. The lowest BCUT2D eigenvalue weighted by Crippen LogP contribution is -2.12. The standard InChI is InChI=1S/C5H8ClN3S/c6-4-3-10-5(9-4)8-2-1-7/h3H,1-2,7H2,(H,8,9). The van der Waals surface area contributed by atoms with Crippen molar-refractivity contribution in [1.82, 2.24) is 4.98 Å². The van der Waals surface area contributed by atoms with E-state index in [4.69, 9.17) is 17.3 Å². The van der Waals surface area contributed by atoms with Crippen molar-refractivity contribution in [2.24, 2.45) is 5.73 Å².